The molecule has 2 N–H and O–H groups in total. The molecule has 0 spiro atoms. The van der Waals surface area contributed by atoms with Crippen LogP contribution in [0.25, 0.3) is 32.2 Å². The van der Waals surface area contributed by atoms with E-state index in [0.29, 0.717) is 5.02 Å². The van der Waals surface area contributed by atoms with Crippen molar-refractivity contribution in [2.45, 2.75) is 19.4 Å². The second kappa shape index (κ2) is 9.45. The third-order valence-electron chi connectivity index (χ3n) is 7.08. The summed E-state index contributed by atoms with van der Waals surface area (Å²) in [5.74, 6) is -0.849. The molecule has 1 unspecified atom stereocenters. The molecular weight excluding hydrogens is 506 g/mol. The summed E-state index contributed by atoms with van der Waals surface area (Å²) < 4.78 is 2.89. The molecular formula is C28H26ClN5O2S. The quantitative estimate of drug-likeness (QED) is 0.307. The zero-order valence-corrected chi connectivity index (χ0v) is 22.1. The van der Waals surface area contributed by atoms with Crippen molar-refractivity contribution in [3.05, 3.63) is 76.4 Å². The average Bonchev–Trinajstić information content (AvgIpc) is 3.48. The van der Waals surface area contributed by atoms with Gasteiger partial charge in [-0.1, -0.05) is 41.1 Å². The number of hydrogen-bond acceptors (Lipinski definition) is 6. The monoisotopic (exact) mass is 531 g/mol. The van der Waals surface area contributed by atoms with Gasteiger partial charge in [-0.3, -0.25) is 9.48 Å². The highest BCUT2D eigenvalue weighted by Crippen LogP contribution is 2.41. The van der Waals surface area contributed by atoms with Crippen LogP contribution in [0.15, 0.2) is 54.7 Å². The number of aryl methyl sites for hydroxylation is 2. The lowest BCUT2D eigenvalue weighted by molar-refractivity contribution is -0.136. The van der Waals surface area contributed by atoms with E-state index < -0.39 is 5.97 Å². The van der Waals surface area contributed by atoms with Gasteiger partial charge in [-0.25, -0.2) is 4.98 Å². The van der Waals surface area contributed by atoms with Gasteiger partial charge in [0.1, 0.15) is 0 Å². The summed E-state index contributed by atoms with van der Waals surface area (Å²) in [4.78, 5) is 19.1. The molecule has 0 bridgehead atoms. The van der Waals surface area contributed by atoms with E-state index >= 15 is 0 Å². The molecule has 1 aliphatic rings. The number of aromatic nitrogens is 3. The number of aliphatic carboxylic acids is 1. The Labute approximate surface area is 223 Å². The Morgan fingerprint density at radius 3 is 2.81 bits per heavy atom. The second-order valence-electron chi connectivity index (χ2n) is 9.51. The molecule has 7 nitrogen and oxygen atoms in total. The average molecular weight is 532 g/mol. The van der Waals surface area contributed by atoms with Gasteiger partial charge in [0.25, 0.3) is 0 Å². The highest BCUT2D eigenvalue weighted by Gasteiger charge is 2.25. The molecule has 1 atom stereocenters. The Balaban J connectivity index is 1.39. The van der Waals surface area contributed by atoms with Crippen molar-refractivity contribution in [1.29, 1.82) is 0 Å². The van der Waals surface area contributed by atoms with Crippen LogP contribution in [0.2, 0.25) is 5.02 Å². The Kier molecular flexibility index (Phi) is 6.10. The Bertz CT molecular complexity index is 1640. The van der Waals surface area contributed by atoms with Gasteiger partial charge in [0.15, 0.2) is 5.13 Å². The molecule has 3 heterocycles. The van der Waals surface area contributed by atoms with Gasteiger partial charge >= 0.3 is 5.97 Å². The topological polar surface area (TPSA) is 83.3 Å². The second-order valence-corrected chi connectivity index (χ2v) is 10.9. The smallest absolute Gasteiger partial charge is 0.307 e. The first kappa shape index (κ1) is 23.9. The number of rotatable bonds is 5. The van der Waals surface area contributed by atoms with Crippen LogP contribution in [0.1, 0.15) is 22.7 Å². The molecule has 37 heavy (non-hydrogen) atoms. The van der Waals surface area contributed by atoms with Crippen molar-refractivity contribution in [3.63, 3.8) is 0 Å². The molecule has 188 valence electrons. The van der Waals surface area contributed by atoms with Crippen LogP contribution >= 0.6 is 22.9 Å². The minimum Gasteiger partial charge on any atom is -0.481 e. The van der Waals surface area contributed by atoms with Crippen LogP contribution in [0.5, 0.6) is 0 Å². The van der Waals surface area contributed by atoms with Crippen molar-refractivity contribution in [2.24, 2.45) is 7.05 Å². The zero-order valence-electron chi connectivity index (χ0n) is 20.5. The minimum absolute atomic E-state index is 0.0422. The van der Waals surface area contributed by atoms with Gasteiger partial charge in [0, 0.05) is 48.7 Å². The number of anilines is 1. The third-order valence-corrected chi connectivity index (χ3v) is 8.48. The van der Waals surface area contributed by atoms with Crippen LogP contribution in [0.3, 0.4) is 0 Å². The lowest BCUT2D eigenvalue weighted by Gasteiger charge is -2.33. The van der Waals surface area contributed by atoms with Crippen molar-refractivity contribution >= 4 is 55.2 Å². The minimum atomic E-state index is -0.849. The first-order chi connectivity index (χ1) is 17.9. The van der Waals surface area contributed by atoms with Crippen LogP contribution < -0.4 is 10.2 Å². The number of benzene rings is 3. The van der Waals surface area contributed by atoms with Crippen molar-refractivity contribution in [3.8, 4) is 11.1 Å². The molecule has 1 aliphatic heterocycles. The lowest BCUT2D eigenvalue weighted by atomic mass is 9.93. The highest BCUT2D eigenvalue weighted by atomic mass is 35.5. The SMILES string of the molecule is Cc1cc2nc(N3CCNC(c4ccc5c(cnn5C)c4)C3)sc2c(-c2ccc(Cl)cc2)c1CC(=O)O. The molecule has 0 aliphatic carbocycles. The number of carboxylic acids is 1. The molecule has 0 amide bonds. The summed E-state index contributed by atoms with van der Waals surface area (Å²) in [6.07, 6.45) is 1.86. The molecule has 1 saturated heterocycles. The fraction of sp³-hybridized carbons (Fsp3) is 0.250. The number of fused-ring (bicyclic) bond motifs is 2. The van der Waals surface area contributed by atoms with Crippen LogP contribution in [0, 0.1) is 6.92 Å². The van der Waals surface area contributed by atoms with Crippen LogP contribution in [0.4, 0.5) is 5.13 Å². The predicted molar refractivity (Wildman–Crippen MR) is 150 cm³/mol. The molecule has 6 rings (SSSR count). The van der Waals surface area contributed by atoms with Crippen molar-refractivity contribution in [2.75, 3.05) is 24.5 Å². The molecule has 9 heteroatoms. The van der Waals surface area contributed by atoms with Gasteiger partial charge in [0.05, 0.1) is 28.4 Å². The van der Waals surface area contributed by atoms with Gasteiger partial charge in [0.2, 0.25) is 0 Å². The number of nitrogens with zero attached hydrogens (tertiary/aromatic N) is 4. The fourth-order valence-electron chi connectivity index (χ4n) is 5.21. The van der Waals surface area contributed by atoms with Gasteiger partial charge in [-0.15, -0.1) is 0 Å². The fourth-order valence-corrected chi connectivity index (χ4v) is 6.51. The van der Waals surface area contributed by atoms with E-state index in [1.165, 1.54) is 5.56 Å². The number of halogens is 1. The number of carbonyl (C=O) groups is 1. The highest BCUT2D eigenvalue weighted by molar-refractivity contribution is 7.22. The van der Waals surface area contributed by atoms with E-state index in [-0.39, 0.29) is 12.5 Å². The van der Waals surface area contributed by atoms with E-state index in [9.17, 15) is 9.90 Å². The molecule has 3 aromatic carbocycles. The number of piperazine rings is 1. The lowest BCUT2D eigenvalue weighted by Crippen LogP contribution is -2.45. The van der Waals surface area contributed by atoms with Crippen LogP contribution in [-0.2, 0) is 18.3 Å². The molecule has 5 aromatic rings. The van der Waals surface area contributed by atoms with Gasteiger partial charge in [-0.05, 0) is 59.5 Å². The normalized spacial score (nSPS) is 16.1. The van der Waals surface area contributed by atoms with E-state index in [1.54, 1.807) is 11.3 Å². The van der Waals surface area contributed by atoms with Crippen molar-refractivity contribution < 1.29 is 9.90 Å². The number of nitrogens with one attached hydrogen (secondary N) is 1. The van der Waals surface area contributed by atoms with Crippen molar-refractivity contribution in [1.82, 2.24) is 20.1 Å². The summed E-state index contributed by atoms with van der Waals surface area (Å²) in [5.41, 5.74) is 6.88. The first-order valence-corrected chi connectivity index (χ1v) is 13.4. The zero-order chi connectivity index (χ0) is 25.7. The molecule has 0 radical (unpaired) electrons. The summed E-state index contributed by atoms with van der Waals surface area (Å²) in [6, 6.07) is 16.3. The van der Waals surface area contributed by atoms with Crippen LogP contribution in [-0.4, -0.2) is 45.5 Å². The molecule has 0 saturated carbocycles. The standard InChI is InChI=1S/C28H26ClN5O2S/c1-16-11-22-27(26(21(16)13-25(35)36)17-3-6-20(29)7-4-17)37-28(32-22)34-10-9-30-23(15-34)18-5-8-24-19(12-18)14-31-33(24)2/h3-8,11-12,14,23,30H,9-10,13,15H2,1-2H3,(H,35,36). The summed E-state index contributed by atoms with van der Waals surface area (Å²) in [7, 11) is 1.96. The van der Waals surface area contributed by atoms with E-state index in [4.69, 9.17) is 16.6 Å². The maximum absolute atomic E-state index is 11.7. The van der Waals surface area contributed by atoms with E-state index in [0.717, 1.165) is 68.1 Å². The first-order valence-electron chi connectivity index (χ1n) is 12.2. The largest absolute Gasteiger partial charge is 0.481 e. The van der Waals surface area contributed by atoms with E-state index in [1.807, 2.05) is 55.2 Å². The summed E-state index contributed by atoms with van der Waals surface area (Å²) in [5, 5.41) is 20.4. The number of hydrogen-bond donors (Lipinski definition) is 2. The molecule has 1 fully saturated rings. The third kappa shape index (κ3) is 4.45. The van der Waals surface area contributed by atoms with Gasteiger partial charge in [-0.2, -0.15) is 5.10 Å². The summed E-state index contributed by atoms with van der Waals surface area (Å²) in [6.45, 7) is 4.45. The molecule has 2 aromatic heterocycles. The number of thiazole rings is 1. The Morgan fingerprint density at radius 1 is 1.22 bits per heavy atom. The predicted octanol–water partition coefficient (Wildman–Crippen LogP) is 5.59. The Morgan fingerprint density at radius 2 is 2.03 bits per heavy atom. The summed E-state index contributed by atoms with van der Waals surface area (Å²) >= 11 is 7.79. The maximum atomic E-state index is 11.7. The Hall–Kier alpha value is -3.46. The van der Waals surface area contributed by atoms with Gasteiger partial charge < -0.3 is 15.3 Å². The number of carboxylic acid groups (broad SMARTS) is 1. The maximum Gasteiger partial charge on any atom is 0.307 e. The van der Waals surface area contributed by atoms with E-state index in [2.05, 4.69) is 33.5 Å².